The molecular formula is C25H22N2O4S. The van der Waals surface area contributed by atoms with Gasteiger partial charge in [0.05, 0.1) is 31.9 Å². The van der Waals surface area contributed by atoms with E-state index < -0.39 is 0 Å². The third kappa shape index (κ3) is 4.29. The van der Waals surface area contributed by atoms with Crippen LogP contribution in [0.15, 0.2) is 72.3 Å². The maximum Gasteiger partial charge on any atom is 0.203 e. The topological polar surface area (TPSA) is 62.6 Å². The molecule has 0 N–H and O–H groups in total. The second kappa shape index (κ2) is 9.53. The van der Waals surface area contributed by atoms with E-state index in [-0.39, 0.29) is 5.78 Å². The molecule has 4 rings (SSSR count). The van der Waals surface area contributed by atoms with Gasteiger partial charge in [0.15, 0.2) is 17.3 Å². The lowest BCUT2D eigenvalue weighted by Crippen LogP contribution is -2.00. The van der Waals surface area contributed by atoms with E-state index in [1.54, 1.807) is 29.5 Å². The third-order valence-corrected chi connectivity index (χ3v) is 5.76. The van der Waals surface area contributed by atoms with Gasteiger partial charge in [-0.15, -0.1) is 11.3 Å². The lowest BCUT2D eigenvalue weighted by atomic mass is 10.1. The quantitative estimate of drug-likeness (QED) is 0.263. The molecule has 0 saturated heterocycles. The molecule has 0 fully saturated rings. The molecule has 7 heteroatoms. The summed E-state index contributed by atoms with van der Waals surface area (Å²) in [6.07, 6.45) is 5.24. The van der Waals surface area contributed by atoms with Crippen LogP contribution in [0.4, 0.5) is 0 Å². The molecule has 0 saturated carbocycles. The maximum atomic E-state index is 13.0. The van der Waals surface area contributed by atoms with Gasteiger partial charge in [0.1, 0.15) is 5.69 Å². The number of para-hydroxylation sites is 1. The molecular weight excluding hydrogens is 424 g/mol. The number of hydrogen-bond donors (Lipinski definition) is 0. The molecule has 0 aliphatic heterocycles. The van der Waals surface area contributed by atoms with Crippen molar-refractivity contribution in [1.29, 1.82) is 0 Å². The fourth-order valence-electron chi connectivity index (χ4n) is 3.31. The van der Waals surface area contributed by atoms with E-state index in [9.17, 15) is 4.79 Å². The van der Waals surface area contributed by atoms with Crippen LogP contribution in [0.5, 0.6) is 17.2 Å². The summed E-state index contributed by atoms with van der Waals surface area (Å²) < 4.78 is 17.9. The Bertz CT molecular complexity index is 1220. The number of methoxy groups -OCH3 is 3. The highest BCUT2D eigenvalue weighted by atomic mass is 32.1. The predicted octanol–water partition coefficient (Wildman–Crippen LogP) is 5.52. The fraction of sp³-hybridized carbons (Fsp3) is 0.120. The average Bonchev–Trinajstić information content (AvgIpc) is 3.52. The Labute approximate surface area is 190 Å². The van der Waals surface area contributed by atoms with Gasteiger partial charge in [-0.05, 0) is 47.9 Å². The SMILES string of the molecule is COc1cc(C(=O)C=Cc2cn(-c3ccccc3)nc2-c2cccs2)cc(OC)c1OC. The van der Waals surface area contributed by atoms with Gasteiger partial charge in [-0.1, -0.05) is 24.3 Å². The van der Waals surface area contributed by atoms with E-state index in [4.69, 9.17) is 19.3 Å². The summed E-state index contributed by atoms with van der Waals surface area (Å²) in [5.74, 6) is 1.12. The van der Waals surface area contributed by atoms with E-state index in [1.165, 1.54) is 27.4 Å². The minimum atomic E-state index is -0.186. The van der Waals surface area contributed by atoms with Crippen LogP contribution in [0.2, 0.25) is 0 Å². The lowest BCUT2D eigenvalue weighted by molar-refractivity contribution is 0.104. The second-order valence-corrected chi connectivity index (χ2v) is 7.75. The Kier molecular flexibility index (Phi) is 6.37. The summed E-state index contributed by atoms with van der Waals surface area (Å²) in [5.41, 5.74) is 3.04. The number of carbonyl (C=O) groups is 1. The van der Waals surface area contributed by atoms with Crippen LogP contribution in [0.25, 0.3) is 22.3 Å². The summed E-state index contributed by atoms with van der Waals surface area (Å²) in [6, 6.07) is 17.1. The van der Waals surface area contributed by atoms with Gasteiger partial charge in [-0.3, -0.25) is 4.79 Å². The summed E-state index contributed by atoms with van der Waals surface area (Å²) in [5, 5.41) is 6.76. The molecule has 2 aromatic carbocycles. The van der Waals surface area contributed by atoms with Gasteiger partial charge >= 0.3 is 0 Å². The highest BCUT2D eigenvalue weighted by Crippen LogP contribution is 2.38. The van der Waals surface area contributed by atoms with Crippen molar-refractivity contribution in [2.24, 2.45) is 0 Å². The molecule has 0 radical (unpaired) electrons. The molecule has 4 aromatic rings. The van der Waals surface area contributed by atoms with Crippen LogP contribution in [0, 0.1) is 0 Å². The van der Waals surface area contributed by atoms with Crippen molar-refractivity contribution in [2.75, 3.05) is 21.3 Å². The Balaban J connectivity index is 1.70. The number of ketones is 1. The molecule has 0 amide bonds. The smallest absolute Gasteiger partial charge is 0.203 e. The third-order valence-electron chi connectivity index (χ3n) is 4.88. The largest absolute Gasteiger partial charge is 0.493 e. The molecule has 0 atom stereocenters. The zero-order valence-electron chi connectivity index (χ0n) is 17.9. The minimum Gasteiger partial charge on any atom is -0.493 e. The molecule has 162 valence electrons. The number of benzene rings is 2. The van der Waals surface area contributed by atoms with Crippen molar-refractivity contribution in [1.82, 2.24) is 9.78 Å². The van der Waals surface area contributed by atoms with Gasteiger partial charge in [-0.2, -0.15) is 5.10 Å². The highest BCUT2D eigenvalue weighted by molar-refractivity contribution is 7.13. The number of carbonyl (C=O) groups excluding carboxylic acids is 1. The van der Waals surface area contributed by atoms with E-state index in [0.29, 0.717) is 22.8 Å². The van der Waals surface area contributed by atoms with Crippen LogP contribution >= 0.6 is 11.3 Å². The maximum absolute atomic E-state index is 13.0. The number of ether oxygens (including phenoxy) is 3. The zero-order chi connectivity index (χ0) is 22.5. The fourth-order valence-corrected chi connectivity index (χ4v) is 4.04. The van der Waals surface area contributed by atoms with Crippen molar-refractivity contribution in [3.8, 4) is 33.5 Å². The first kappa shape index (κ1) is 21.4. The number of aromatic nitrogens is 2. The first-order valence-electron chi connectivity index (χ1n) is 9.86. The predicted molar refractivity (Wildman–Crippen MR) is 126 cm³/mol. The normalized spacial score (nSPS) is 11.0. The Morgan fingerprint density at radius 2 is 1.69 bits per heavy atom. The van der Waals surface area contributed by atoms with Crippen molar-refractivity contribution in [2.45, 2.75) is 0 Å². The first-order chi connectivity index (χ1) is 15.6. The zero-order valence-corrected chi connectivity index (χ0v) is 18.8. The number of thiophene rings is 1. The Morgan fingerprint density at radius 3 is 2.28 bits per heavy atom. The molecule has 2 heterocycles. The summed E-state index contributed by atoms with van der Waals surface area (Å²) in [6.45, 7) is 0. The Morgan fingerprint density at radius 1 is 0.969 bits per heavy atom. The van der Waals surface area contributed by atoms with Crippen molar-refractivity contribution in [3.05, 3.63) is 83.4 Å². The van der Waals surface area contributed by atoms with E-state index in [2.05, 4.69) is 0 Å². The van der Waals surface area contributed by atoms with E-state index >= 15 is 0 Å². The second-order valence-electron chi connectivity index (χ2n) is 6.80. The van der Waals surface area contributed by atoms with E-state index in [0.717, 1.165) is 21.8 Å². The van der Waals surface area contributed by atoms with Gasteiger partial charge in [0, 0.05) is 17.3 Å². The average molecular weight is 447 g/mol. The number of hydrogen-bond acceptors (Lipinski definition) is 6. The molecule has 0 spiro atoms. The molecule has 0 bridgehead atoms. The molecule has 0 aliphatic rings. The number of nitrogens with zero attached hydrogens (tertiary/aromatic N) is 2. The molecule has 32 heavy (non-hydrogen) atoms. The van der Waals surface area contributed by atoms with Crippen molar-refractivity contribution < 1.29 is 19.0 Å². The molecule has 0 aliphatic carbocycles. The molecule has 2 aromatic heterocycles. The van der Waals surface area contributed by atoms with Crippen LogP contribution < -0.4 is 14.2 Å². The number of rotatable bonds is 8. The molecule has 6 nitrogen and oxygen atoms in total. The summed E-state index contributed by atoms with van der Waals surface area (Å²) in [7, 11) is 4.57. The molecule has 0 unspecified atom stereocenters. The van der Waals surface area contributed by atoms with Gasteiger partial charge in [0.2, 0.25) is 5.75 Å². The standard InChI is InChI=1S/C25H22N2O4S/c1-29-21-14-18(15-22(30-2)25(21)31-3)20(28)12-11-17-16-27(19-8-5-4-6-9-19)26-24(17)23-10-7-13-32-23/h4-16H,1-3H3. The van der Waals surface area contributed by atoms with Gasteiger partial charge in [0.25, 0.3) is 0 Å². The first-order valence-corrected chi connectivity index (χ1v) is 10.7. The highest BCUT2D eigenvalue weighted by Gasteiger charge is 2.16. The lowest BCUT2D eigenvalue weighted by Gasteiger charge is -2.13. The van der Waals surface area contributed by atoms with Crippen LogP contribution in [0.3, 0.4) is 0 Å². The minimum absolute atomic E-state index is 0.186. The van der Waals surface area contributed by atoms with Crippen molar-refractivity contribution in [3.63, 3.8) is 0 Å². The van der Waals surface area contributed by atoms with Crippen LogP contribution in [-0.4, -0.2) is 36.9 Å². The van der Waals surface area contributed by atoms with Gasteiger partial charge < -0.3 is 14.2 Å². The monoisotopic (exact) mass is 446 g/mol. The summed E-state index contributed by atoms with van der Waals surface area (Å²) >= 11 is 1.60. The summed E-state index contributed by atoms with van der Waals surface area (Å²) in [4.78, 5) is 14.0. The van der Waals surface area contributed by atoms with Crippen LogP contribution in [0.1, 0.15) is 15.9 Å². The van der Waals surface area contributed by atoms with E-state index in [1.807, 2.05) is 58.7 Å². The Hall–Kier alpha value is -3.84. The van der Waals surface area contributed by atoms with Crippen LogP contribution in [-0.2, 0) is 0 Å². The van der Waals surface area contributed by atoms with Crippen molar-refractivity contribution >= 4 is 23.2 Å². The van der Waals surface area contributed by atoms with Gasteiger partial charge in [-0.25, -0.2) is 4.68 Å². The number of allylic oxidation sites excluding steroid dienone is 1.